The predicted molar refractivity (Wildman–Crippen MR) is 70.3 cm³/mol. The van der Waals surface area contributed by atoms with Gasteiger partial charge in [0, 0.05) is 11.5 Å². The molecule has 0 radical (unpaired) electrons. The van der Waals surface area contributed by atoms with Crippen LogP contribution in [0.5, 0.6) is 5.88 Å². The number of hydrogen-bond donors (Lipinski definition) is 1. The first-order valence-electron chi connectivity index (χ1n) is 5.94. The number of aromatic nitrogens is 1. The minimum atomic E-state index is -0.971. The Morgan fingerprint density at radius 3 is 2.11 bits per heavy atom. The van der Waals surface area contributed by atoms with Gasteiger partial charge in [-0.05, 0) is 26.8 Å². The highest BCUT2D eigenvalue weighted by atomic mass is 16.5. The average molecular weight is 251 g/mol. The van der Waals surface area contributed by atoms with Crippen LogP contribution >= 0.6 is 0 Å². The zero-order valence-corrected chi connectivity index (χ0v) is 11.9. The summed E-state index contributed by atoms with van der Waals surface area (Å²) in [5.74, 6) is -0.617. The Kier molecular flexibility index (Phi) is 3.70. The van der Waals surface area contributed by atoms with E-state index in [1.807, 2.05) is 41.5 Å². The molecule has 1 N–H and O–H groups in total. The number of carboxylic acid groups (broad SMARTS) is 1. The first-order chi connectivity index (χ1) is 7.99. The summed E-state index contributed by atoms with van der Waals surface area (Å²) >= 11 is 0. The van der Waals surface area contributed by atoms with Crippen LogP contribution in [0.3, 0.4) is 0 Å². The van der Waals surface area contributed by atoms with Crippen molar-refractivity contribution in [2.24, 2.45) is 0 Å². The smallest absolute Gasteiger partial charge is 0.335 e. The molecule has 100 valence electrons. The lowest BCUT2D eigenvalue weighted by molar-refractivity contribution is 0.0693. The monoisotopic (exact) mass is 251 g/mol. The van der Waals surface area contributed by atoms with Gasteiger partial charge >= 0.3 is 5.97 Å². The minimum Gasteiger partial charge on any atom is -0.478 e. The SMILES string of the molecule is CC(C)(C)Oc1cc(C(=O)O)cc(C(C)(C)C)n1. The predicted octanol–water partition coefficient (Wildman–Crippen LogP) is 3.25. The number of aromatic carboxylic acids is 1. The highest BCUT2D eigenvalue weighted by Crippen LogP contribution is 2.25. The third-order valence-electron chi connectivity index (χ3n) is 2.23. The molecule has 1 rings (SSSR count). The van der Waals surface area contributed by atoms with Crippen LogP contribution in [0.2, 0.25) is 0 Å². The van der Waals surface area contributed by atoms with Crippen LogP contribution in [0.1, 0.15) is 57.6 Å². The van der Waals surface area contributed by atoms with Crippen molar-refractivity contribution in [2.45, 2.75) is 52.6 Å². The maximum absolute atomic E-state index is 11.1. The second-order valence-corrected chi connectivity index (χ2v) is 6.35. The fourth-order valence-electron chi connectivity index (χ4n) is 1.38. The summed E-state index contributed by atoms with van der Waals surface area (Å²) in [4.78, 5) is 15.5. The lowest BCUT2D eigenvalue weighted by atomic mass is 9.91. The first-order valence-corrected chi connectivity index (χ1v) is 5.94. The van der Waals surface area contributed by atoms with Crippen LogP contribution < -0.4 is 4.74 Å². The van der Waals surface area contributed by atoms with E-state index in [9.17, 15) is 4.79 Å². The Morgan fingerprint density at radius 2 is 1.72 bits per heavy atom. The molecular weight excluding hydrogens is 230 g/mol. The molecule has 0 saturated heterocycles. The number of hydrogen-bond acceptors (Lipinski definition) is 3. The van der Waals surface area contributed by atoms with Gasteiger partial charge in [-0.3, -0.25) is 0 Å². The molecule has 0 bridgehead atoms. The Labute approximate surface area is 108 Å². The molecule has 4 heteroatoms. The van der Waals surface area contributed by atoms with E-state index in [0.29, 0.717) is 11.6 Å². The van der Waals surface area contributed by atoms with Crippen molar-refractivity contribution < 1.29 is 14.6 Å². The summed E-state index contributed by atoms with van der Waals surface area (Å²) in [6, 6.07) is 3.06. The van der Waals surface area contributed by atoms with Gasteiger partial charge in [0.1, 0.15) is 5.60 Å². The topological polar surface area (TPSA) is 59.4 Å². The standard InChI is InChI=1S/C14H21NO3/c1-13(2,3)10-7-9(12(16)17)8-11(15-10)18-14(4,5)6/h7-8H,1-6H3,(H,16,17). The van der Waals surface area contributed by atoms with E-state index in [1.54, 1.807) is 6.07 Å². The molecule has 0 aliphatic rings. The molecule has 0 aromatic carbocycles. The fourth-order valence-corrected chi connectivity index (χ4v) is 1.38. The number of pyridine rings is 1. The molecule has 0 amide bonds. The molecule has 1 aromatic heterocycles. The molecule has 4 nitrogen and oxygen atoms in total. The van der Waals surface area contributed by atoms with Crippen molar-refractivity contribution in [3.05, 3.63) is 23.4 Å². The van der Waals surface area contributed by atoms with E-state index in [4.69, 9.17) is 9.84 Å². The van der Waals surface area contributed by atoms with E-state index in [2.05, 4.69) is 4.98 Å². The Hall–Kier alpha value is -1.58. The number of rotatable bonds is 2. The lowest BCUT2D eigenvalue weighted by Crippen LogP contribution is -2.25. The second-order valence-electron chi connectivity index (χ2n) is 6.35. The quantitative estimate of drug-likeness (QED) is 0.876. The highest BCUT2D eigenvalue weighted by Gasteiger charge is 2.21. The van der Waals surface area contributed by atoms with Gasteiger partial charge in [0.05, 0.1) is 11.3 Å². The van der Waals surface area contributed by atoms with Crippen LogP contribution in [0, 0.1) is 0 Å². The number of carboxylic acids is 1. The third-order valence-corrected chi connectivity index (χ3v) is 2.23. The normalized spacial score (nSPS) is 12.3. The van der Waals surface area contributed by atoms with E-state index < -0.39 is 11.6 Å². The lowest BCUT2D eigenvalue weighted by Gasteiger charge is -2.23. The number of ether oxygens (including phenoxy) is 1. The maximum atomic E-state index is 11.1. The average Bonchev–Trinajstić information content (AvgIpc) is 2.12. The maximum Gasteiger partial charge on any atom is 0.335 e. The van der Waals surface area contributed by atoms with Crippen LogP contribution in [-0.4, -0.2) is 21.7 Å². The van der Waals surface area contributed by atoms with Crippen molar-refractivity contribution in [3.63, 3.8) is 0 Å². The molecule has 0 saturated carbocycles. The molecule has 0 atom stereocenters. The third kappa shape index (κ3) is 4.02. The molecule has 0 unspecified atom stereocenters. The minimum absolute atomic E-state index is 0.203. The fraction of sp³-hybridized carbons (Fsp3) is 0.571. The van der Waals surface area contributed by atoms with Crippen molar-refractivity contribution in [1.29, 1.82) is 0 Å². The molecular formula is C14H21NO3. The number of carbonyl (C=O) groups is 1. The highest BCUT2D eigenvalue weighted by molar-refractivity contribution is 5.88. The zero-order chi connectivity index (χ0) is 14.1. The molecule has 0 spiro atoms. The molecule has 0 fully saturated rings. The van der Waals surface area contributed by atoms with E-state index in [1.165, 1.54) is 6.07 Å². The van der Waals surface area contributed by atoms with Gasteiger partial charge in [0.25, 0.3) is 0 Å². The Balaban J connectivity index is 3.27. The van der Waals surface area contributed by atoms with Gasteiger partial charge in [-0.25, -0.2) is 9.78 Å². The van der Waals surface area contributed by atoms with E-state index in [-0.39, 0.29) is 11.0 Å². The number of nitrogens with zero attached hydrogens (tertiary/aromatic N) is 1. The summed E-state index contributed by atoms with van der Waals surface area (Å²) in [7, 11) is 0. The van der Waals surface area contributed by atoms with Crippen LogP contribution in [0.4, 0.5) is 0 Å². The van der Waals surface area contributed by atoms with Crippen LogP contribution in [-0.2, 0) is 5.41 Å². The molecule has 1 aromatic rings. The Morgan fingerprint density at radius 1 is 1.17 bits per heavy atom. The molecule has 1 heterocycles. The van der Waals surface area contributed by atoms with Gasteiger partial charge in [0.15, 0.2) is 0 Å². The first kappa shape index (κ1) is 14.5. The molecule has 18 heavy (non-hydrogen) atoms. The Bertz CT molecular complexity index is 453. The summed E-state index contributed by atoms with van der Waals surface area (Å²) in [6.07, 6.45) is 0. The largest absolute Gasteiger partial charge is 0.478 e. The summed E-state index contributed by atoms with van der Waals surface area (Å²) in [5, 5.41) is 9.11. The van der Waals surface area contributed by atoms with Gasteiger partial charge in [0.2, 0.25) is 5.88 Å². The van der Waals surface area contributed by atoms with Gasteiger partial charge in [-0.2, -0.15) is 0 Å². The van der Waals surface area contributed by atoms with Crippen LogP contribution in [0.15, 0.2) is 12.1 Å². The molecule has 0 aliphatic heterocycles. The van der Waals surface area contributed by atoms with E-state index >= 15 is 0 Å². The van der Waals surface area contributed by atoms with Gasteiger partial charge in [-0.1, -0.05) is 20.8 Å². The van der Waals surface area contributed by atoms with Crippen LogP contribution in [0.25, 0.3) is 0 Å². The van der Waals surface area contributed by atoms with Gasteiger partial charge in [-0.15, -0.1) is 0 Å². The van der Waals surface area contributed by atoms with Crippen molar-refractivity contribution >= 4 is 5.97 Å². The zero-order valence-electron chi connectivity index (χ0n) is 11.9. The summed E-state index contributed by atoms with van der Waals surface area (Å²) in [6.45, 7) is 11.7. The van der Waals surface area contributed by atoms with Crippen molar-refractivity contribution in [2.75, 3.05) is 0 Å². The molecule has 0 aliphatic carbocycles. The van der Waals surface area contributed by atoms with Crippen molar-refractivity contribution in [3.8, 4) is 5.88 Å². The summed E-state index contributed by atoms with van der Waals surface area (Å²) in [5.41, 5.74) is 0.289. The van der Waals surface area contributed by atoms with E-state index in [0.717, 1.165) is 0 Å². The van der Waals surface area contributed by atoms with Crippen molar-refractivity contribution in [1.82, 2.24) is 4.98 Å². The van der Waals surface area contributed by atoms with Gasteiger partial charge < -0.3 is 9.84 Å². The summed E-state index contributed by atoms with van der Waals surface area (Å²) < 4.78 is 5.65. The second kappa shape index (κ2) is 4.59.